The molecule has 0 saturated carbocycles. The Balaban J connectivity index is 1.36. The maximum Gasteiger partial charge on any atom is 0.289 e. The van der Waals surface area contributed by atoms with Gasteiger partial charge in [-0.2, -0.15) is 0 Å². The molecule has 150 valence electrons. The minimum Gasteiger partial charge on any atom is -0.459 e. The van der Waals surface area contributed by atoms with Crippen LogP contribution in [0.1, 0.15) is 40.2 Å². The lowest BCUT2D eigenvalue weighted by Crippen LogP contribution is -2.46. The number of amides is 2. The lowest BCUT2D eigenvalue weighted by molar-refractivity contribution is -0.121. The molecule has 0 unspecified atom stereocenters. The van der Waals surface area contributed by atoms with E-state index in [0.29, 0.717) is 25.3 Å². The lowest BCUT2D eigenvalue weighted by Gasteiger charge is -2.32. The molecule has 29 heavy (non-hydrogen) atoms. The van der Waals surface area contributed by atoms with Gasteiger partial charge in [-0.1, -0.05) is 18.2 Å². The molecule has 4 rings (SSSR count). The van der Waals surface area contributed by atoms with Crippen LogP contribution in [0.2, 0.25) is 0 Å². The highest BCUT2D eigenvalue weighted by molar-refractivity contribution is 5.91. The highest BCUT2D eigenvalue weighted by Crippen LogP contribution is 2.23. The summed E-state index contributed by atoms with van der Waals surface area (Å²) in [7, 11) is 0. The highest BCUT2D eigenvalue weighted by Gasteiger charge is 2.26. The summed E-state index contributed by atoms with van der Waals surface area (Å²) in [4.78, 5) is 31.5. The number of para-hydroxylation sites is 1. The fourth-order valence-corrected chi connectivity index (χ4v) is 4.05. The van der Waals surface area contributed by atoms with E-state index in [4.69, 9.17) is 4.42 Å². The topological polar surface area (TPSA) is 75.4 Å². The van der Waals surface area contributed by atoms with E-state index in [1.165, 1.54) is 6.26 Å². The first-order valence-corrected chi connectivity index (χ1v) is 10.00. The molecule has 1 aliphatic rings. The van der Waals surface area contributed by atoms with E-state index in [0.717, 1.165) is 40.6 Å². The van der Waals surface area contributed by atoms with Crippen molar-refractivity contribution in [2.75, 3.05) is 13.1 Å². The van der Waals surface area contributed by atoms with Gasteiger partial charge in [-0.05, 0) is 56.0 Å². The van der Waals surface area contributed by atoms with Crippen LogP contribution < -0.4 is 5.32 Å². The molecule has 0 aliphatic carbocycles. The first-order valence-electron chi connectivity index (χ1n) is 10.00. The lowest BCUT2D eigenvalue weighted by atomic mass is 9.98. The third-order valence-corrected chi connectivity index (χ3v) is 5.70. The molecule has 1 aromatic carbocycles. The van der Waals surface area contributed by atoms with Crippen LogP contribution in [0, 0.1) is 13.8 Å². The number of benzene rings is 1. The van der Waals surface area contributed by atoms with Crippen LogP contribution in [0.15, 0.2) is 47.1 Å². The van der Waals surface area contributed by atoms with E-state index < -0.39 is 0 Å². The van der Waals surface area contributed by atoms with Crippen molar-refractivity contribution in [2.45, 2.75) is 39.2 Å². The van der Waals surface area contributed by atoms with Crippen LogP contribution >= 0.6 is 0 Å². The van der Waals surface area contributed by atoms with Gasteiger partial charge in [0.1, 0.15) is 0 Å². The molecule has 1 aliphatic heterocycles. The predicted octanol–water partition coefficient (Wildman–Crippen LogP) is 3.41. The second-order valence-electron chi connectivity index (χ2n) is 7.61. The molecule has 6 nitrogen and oxygen atoms in total. The van der Waals surface area contributed by atoms with Gasteiger partial charge in [-0.25, -0.2) is 0 Å². The van der Waals surface area contributed by atoms with Gasteiger partial charge in [0, 0.05) is 30.2 Å². The van der Waals surface area contributed by atoms with Crippen molar-refractivity contribution >= 4 is 22.7 Å². The first kappa shape index (κ1) is 19.2. The summed E-state index contributed by atoms with van der Waals surface area (Å²) in [5, 5.41) is 4.22. The minimum atomic E-state index is -0.0896. The maximum absolute atomic E-state index is 12.7. The van der Waals surface area contributed by atoms with E-state index in [1.54, 1.807) is 17.0 Å². The van der Waals surface area contributed by atoms with Crippen LogP contribution in [0.5, 0.6) is 0 Å². The van der Waals surface area contributed by atoms with Gasteiger partial charge in [0.15, 0.2) is 5.76 Å². The Morgan fingerprint density at radius 1 is 1.14 bits per heavy atom. The van der Waals surface area contributed by atoms with Crippen molar-refractivity contribution in [3.8, 4) is 0 Å². The molecule has 1 fully saturated rings. The Morgan fingerprint density at radius 3 is 2.62 bits per heavy atom. The number of rotatable bonds is 4. The molecule has 1 saturated heterocycles. The van der Waals surface area contributed by atoms with Crippen LogP contribution in [-0.2, 0) is 11.2 Å². The predicted molar refractivity (Wildman–Crippen MR) is 111 cm³/mol. The van der Waals surface area contributed by atoms with Crippen molar-refractivity contribution in [1.82, 2.24) is 15.2 Å². The molecule has 3 heterocycles. The zero-order valence-corrected chi connectivity index (χ0v) is 16.8. The fraction of sp³-hybridized carbons (Fsp3) is 0.348. The van der Waals surface area contributed by atoms with Gasteiger partial charge < -0.3 is 14.6 Å². The zero-order chi connectivity index (χ0) is 20.4. The molecule has 6 heteroatoms. The number of likely N-dealkylation sites (tertiary alicyclic amines) is 1. The van der Waals surface area contributed by atoms with Gasteiger partial charge in [0.25, 0.3) is 5.91 Å². The summed E-state index contributed by atoms with van der Waals surface area (Å²) in [5.74, 6) is 0.277. The van der Waals surface area contributed by atoms with Gasteiger partial charge in [0.05, 0.1) is 18.2 Å². The molecule has 0 spiro atoms. The average Bonchev–Trinajstić information content (AvgIpc) is 3.26. The Labute approximate surface area is 169 Å². The summed E-state index contributed by atoms with van der Waals surface area (Å²) in [6, 6.07) is 11.5. The molecule has 0 atom stereocenters. The third kappa shape index (κ3) is 4.01. The number of carbonyl (C=O) groups excluding carboxylic acids is 2. The minimum absolute atomic E-state index is 0.00379. The van der Waals surface area contributed by atoms with Gasteiger partial charge in [0.2, 0.25) is 5.91 Å². The van der Waals surface area contributed by atoms with Crippen LogP contribution in [-0.4, -0.2) is 40.8 Å². The largest absolute Gasteiger partial charge is 0.459 e. The number of pyridine rings is 1. The Morgan fingerprint density at radius 2 is 1.90 bits per heavy atom. The smallest absolute Gasteiger partial charge is 0.289 e. The molecule has 3 aromatic rings. The van der Waals surface area contributed by atoms with E-state index in [2.05, 4.69) is 17.2 Å². The molecule has 0 radical (unpaired) electrons. The van der Waals surface area contributed by atoms with Crippen LogP contribution in [0.3, 0.4) is 0 Å². The maximum atomic E-state index is 12.7. The number of piperidine rings is 1. The van der Waals surface area contributed by atoms with E-state index in [9.17, 15) is 9.59 Å². The molecule has 2 aromatic heterocycles. The number of aromatic nitrogens is 1. The fourth-order valence-electron chi connectivity index (χ4n) is 4.05. The molecule has 1 N–H and O–H groups in total. The number of aryl methyl sites for hydroxylation is 2. The quantitative estimate of drug-likeness (QED) is 0.740. The van der Waals surface area contributed by atoms with E-state index in [1.807, 2.05) is 31.2 Å². The SMILES string of the molecule is Cc1nc2ccccc2c(C)c1CC(=O)NC1CCN(C(=O)c2ccco2)CC1. The van der Waals surface area contributed by atoms with Crippen molar-refractivity contribution in [3.63, 3.8) is 0 Å². The summed E-state index contributed by atoms with van der Waals surface area (Å²) in [6.07, 6.45) is 3.31. The van der Waals surface area contributed by atoms with Crippen molar-refractivity contribution in [3.05, 3.63) is 65.2 Å². The average molecular weight is 391 g/mol. The Bertz CT molecular complexity index is 1030. The monoisotopic (exact) mass is 391 g/mol. The van der Waals surface area contributed by atoms with Crippen molar-refractivity contribution in [2.24, 2.45) is 0 Å². The highest BCUT2D eigenvalue weighted by atomic mass is 16.3. The first-order chi connectivity index (χ1) is 14.0. The normalized spacial score (nSPS) is 14.9. The molecule has 0 bridgehead atoms. The third-order valence-electron chi connectivity index (χ3n) is 5.70. The number of hydrogen-bond donors (Lipinski definition) is 1. The number of hydrogen-bond acceptors (Lipinski definition) is 4. The molecule has 2 amide bonds. The second kappa shape index (κ2) is 8.07. The van der Waals surface area contributed by atoms with Gasteiger partial charge >= 0.3 is 0 Å². The number of fused-ring (bicyclic) bond motifs is 1. The van der Waals surface area contributed by atoms with Crippen molar-refractivity contribution in [1.29, 1.82) is 0 Å². The standard InChI is InChI=1S/C23H25N3O3/c1-15-18-6-3-4-7-20(18)24-16(2)19(15)14-22(27)25-17-9-11-26(12-10-17)23(28)21-8-5-13-29-21/h3-8,13,17H,9-12,14H2,1-2H3,(H,25,27). The molecular formula is C23H25N3O3. The van der Waals surface area contributed by atoms with Gasteiger partial charge in [-0.3, -0.25) is 14.6 Å². The molecular weight excluding hydrogens is 366 g/mol. The Hall–Kier alpha value is -3.15. The number of nitrogens with zero attached hydrogens (tertiary/aromatic N) is 2. The number of furan rings is 1. The van der Waals surface area contributed by atoms with E-state index >= 15 is 0 Å². The van der Waals surface area contributed by atoms with Crippen LogP contribution in [0.4, 0.5) is 0 Å². The summed E-state index contributed by atoms with van der Waals surface area (Å²) >= 11 is 0. The van der Waals surface area contributed by atoms with Crippen LogP contribution in [0.25, 0.3) is 10.9 Å². The zero-order valence-electron chi connectivity index (χ0n) is 16.8. The summed E-state index contributed by atoms with van der Waals surface area (Å²) < 4.78 is 5.19. The Kier molecular flexibility index (Phi) is 5.34. The number of carbonyl (C=O) groups is 2. The summed E-state index contributed by atoms with van der Waals surface area (Å²) in [6.45, 7) is 5.24. The second-order valence-corrected chi connectivity index (χ2v) is 7.61. The van der Waals surface area contributed by atoms with E-state index in [-0.39, 0.29) is 17.9 Å². The number of nitrogens with one attached hydrogen (secondary N) is 1. The summed E-state index contributed by atoms with van der Waals surface area (Å²) in [5.41, 5.74) is 3.96. The van der Waals surface area contributed by atoms with Crippen molar-refractivity contribution < 1.29 is 14.0 Å². The van der Waals surface area contributed by atoms with Gasteiger partial charge in [-0.15, -0.1) is 0 Å².